The second kappa shape index (κ2) is 11.1. The van der Waals surface area contributed by atoms with Crippen LogP contribution in [0.1, 0.15) is 42.9 Å². The van der Waals surface area contributed by atoms with Gasteiger partial charge in [0, 0.05) is 12.6 Å². The van der Waals surface area contributed by atoms with Gasteiger partial charge in [-0.2, -0.15) is 5.26 Å². The quantitative estimate of drug-likeness (QED) is 0.604. The van der Waals surface area contributed by atoms with E-state index in [1.165, 1.54) is 0 Å². The molecule has 2 aromatic rings. The average molecular weight is 421 g/mol. The molecule has 0 N–H and O–H groups in total. The van der Waals surface area contributed by atoms with Crippen molar-refractivity contribution in [1.29, 1.82) is 5.26 Å². The molecule has 6 heteroatoms. The summed E-state index contributed by atoms with van der Waals surface area (Å²) in [5, 5.41) is 8.69. The molecule has 0 aromatic heterocycles. The van der Waals surface area contributed by atoms with Gasteiger partial charge < -0.3 is 19.1 Å². The third kappa shape index (κ3) is 5.79. The lowest BCUT2D eigenvalue weighted by molar-refractivity contribution is -0.128. The van der Waals surface area contributed by atoms with Gasteiger partial charge in [-0.15, -0.1) is 0 Å². The Morgan fingerprint density at radius 2 is 1.90 bits per heavy atom. The molecule has 0 bridgehead atoms. The van der Waals surface area contributed by atoms with Crippen molar-refractivity contribution in [2.24, 2.45) is 0 Å². The molecule has 1 unspecified atom stereocenters. The third-order valence-electron chi connectivity index (χ3n) is 5.43. The Kier molecular flexibility index (Phi) is 7.94. The molecule has 1 aliphatic heterocycles. The Bertz CT molecular complexity index is 947. The minimum absolute atomic E-state index is 0.00788. The van der Waals surface area contributed by atoms with Gasteiger partial charge in [-0.05, 0) is 54.3 Å². The molecule has 1 aliphatic rings. The summed E-state index contributed by atoms with van der Waals surface area (Å²) in [6, 6.07) is 15.3. The molecule has 0 aliphatic carbocycles. The van der Waals surface area contributed by atoms with Crippen LogP contribution >= 0.6 is 0 Å². The van der Waals surface area contributed by atoms with Gasteiger partial charge in [0.1, 0.15) is 11.8 Å². The Hall–Kier alpha value is -3.46. The first-order valence-corrected chi connectivity index (χ1v) is 10.5. The standard InChI is InChI=1S/C25H28N2O4/c1-29-21-11-9-20(10-12-21)22-6-4-3-5-16-27(22)25(28)14-8-19-7-13-23(31-17-15-26)24(18-19)30-2/h7-14,18,22H,3-6,16-17H2,1-2H3/b14-8+. The van der Waals surface area contributed by atoms with Gasteiger partial charge in [-0.1, -0.05) is 31.0 Å². The zero-order valence-corrected chi connectivity index (χ0v) is 18.0. The molecule has 0 spiro atoms. The molecular formula is C25H28N2O4. The molecule has 31 heavy (non-hydrogen) atoms. The fraction of sp³-hybridized carbons (Fsp3) is 0.360. The summed E-state index contributed by atoms with van der Waals surface area (Å²) in [5.41, 5.74) is 1.95. The summed E-state index contributed by atoms with van der Waals surface area (Å²) in [7, 11) is 3.20. The summed E-state index contributed by atoms with van der Waals surface area (Å²) in [6.07, 6.45) is 7.59. The number of likely N-dealkylation sites (tertiary alicyclic amines) is 1. The number of nitrogens with zero attached hydrogens (tertiary/aromatic N) is 2. The maximum absolute atomic E-state index is 13.1. The molecule has 0 saturated carbocycles. The van der Waals surface area contributed by atoms with Crippen LogP contribution in [-0.4, -0.2) is 38.2 Å². The molecule has 1 heterocycles. The van der Waals surface area contributed by atoms with E-state index in [2.05, 4.69) is 0 Å². The highest BCUT2D eigenvalue weighted by atomic mass is 16.5. The molecule has 162 valence electrons. The Balaban J connectivity index is 1.77. The number of hydrogen-bond donors (Lipinski definition) is 0. The lowest BCUT2D eigenvalue weighted by atomic mass is 10.0. The van der Waals surface area contributed by atoms with Crippen LogP contribution in [0.2, 0.25) is 0 Å². The minimum Gasteiger partial charge on any atom is -0.497 e. The SMILES string of the molecule is COc1ccc(C2CCCCCN2C(=O)/C=C/c2ccc(OCC#N)c(OC)c2)cc1. The van der Waals surface area contributed by atoms with Crippen LogP contribution in [0.4, 0.5) is 0 Å². The number of benzene rings is 2. The Labute approximate surface area is 183 Å². The molecular weight excluding hydrogens is 392 g/mol. The minimum atomic E-state index is -0.0499. The summed E-state index contributed by atoms with van der Waals surface area (Å²) >= 11 is 0. The van der Waals surface area contributed by atoms with E-state index in [0.29, 0.717) is 11.5 Å². The second-order valence-corrected chi connectivity index (χ2v) is 7.36. The van der Waals surface area contributed by atoms with Crippen LogP contribution in [0.3, 0.4) is 0 Å². The lowest BCUT2D eigenvalue weighted by Gasteiger charge is -2.29. The first kappa shape index (κ1) is 22.2. The van der Waals surface area contributed by atoms with Crippen LogP contribution in [0.15, 0.2) is 48.5 Å². The number of ether oxygens (including phenoxy) is 3. The zero-order chi connectivity index (χ0) is 22.1. The van der Waals surface area contributed by atoms with Gasteiger partial charge >= 0.3 is 0 Å². The van der Waals surface area contributed by atoms with E-state index in [-0.39, 0.29) is 18.6 Å². The van der Waals surface area contributed by atoms with E-state index in [1.54, 1.807) is 38.5 Å². The molecule has 6 nitrogen and oxygen atoms in total. The molecule has 1 atom stereocenters. The fourth-order valence-electron chi connectivity index (χ4n) is 3.83. The van der Waals surface area contributed by atoms with E-state index in [0.717, 1.165) is 49.1 Å². The van der Waals surface area contributed by atoms with E-state index in [1.807, 2.05) is 41.3 Å². The van der Waals surface area contributed by atoms with Crippen molar-refractivity contribution in [2.75, 3.05) is 27.4 Å². The Morgan fingerprint density at radius 3 is 2.61 bits per heavy atom. The van der Waals surface area contributed by atoms with Crippen molar-refractivity contribution in [2.45, 2.75) is 31.7 Å². The van der Waals surface area contributed by atoms with Gasteiger partial charge in [0.25, 0.3) is 0 Å². The van der Waals surface area contributed by atoms with E-state index in [9.17, 15) is 4.79 Å². The largest absolute Gasteiger partial charge is 0.497 e. The monoisotopic (exact) mass is 420 g/mol. The number of carbonyl (C=O) groups is 1. The predicted molar refractivity (Wildman–Crippen MR) is 119 cm³/mol. The van der Waals surface area contributed by atoms with Crippen molar-refractivity contribution in [3.05, 3.63) is 59.7 Å². The van der Waals surface area contributed by atoms with Crippen molar-refractivity contribution in [3.8, 4) is 23.3 Å². The summed E-state index contributed by atoms with van der Waals surface area (Å²) in [5.74, 6) is 1.83. The third-order valence-corrected chi connectivity index (χ3v) is 5.43. The molecule has 2 aromatic carbocycles. The van der Waals surface area contributed by atoms with Crippen LogP contribution in [-0.2, 0) is 4.79 Å². The first-order chi connectivity index (χ1) is 15.2. The van der Waals surface area contributed by atoms with Gasteiger partial charge in [-0.3, -0.25) is 4.79 Å². The fourth-order valence-corrected chi connectivity index (χ4v) is 3.83. The molecule has 0 radical (unpaired) electrons. The van der Waals surface area contributed by atoms with Gasteiger partial charge in [-0.25, -0.2) is 0 Å². The summed E-state index contributed by atoms with van der Waals surface area (Å²) in [6.45, 7) is 0.690. The predicted octanol–water partition coefficient (Wildman–Crippen LogP) is 4.76. The maximum atomic E-state index is 13.1. The number of amides is 1. The van der Waals surface area contributed by atoms with Crippen LogP contribution < -0.4 is 14.2 Å². The van der Waals surface area contributed by atoms with Crippen molar-refractivity contribution >= 4 is 12.0 Å². The average Bonchev–Trinajstić information content (AvgIpc) is 3.07. The number of carbonyl (C=O) groups excluding carboxylic acids is 1. The second-order valence-electron chi connectivity index (χ2n) is 7.36. The first-order valence-electron chi connectivity index (χ1n) is 10.5. The highest BCUT2D eigenvalue weighted by Crippen LogP contribution is 2.32. The van der Waals surface area contributed by atoms with Crippen molar-refractivity contribution in [1.82, 2.24) is 4.90 Å². The Morgan fingerprint density at radius 1 is 1.10 bits per heavy atom. The van der Waals surface area contributed by atoms with Crippen LogP contribution in [0, 0.1) is 11.3 Å². The van der Waals surface area contributed by atoms with Crippen molar-refractivity contribution < 1.29 is 19.0 Å². The van der Waals surface area contributed by atoms with Crippen molar-refractivity contribution in [3.63, 3.8) is 0 Å². The van der Waals surface area contributed by atoms with E-state index in [4.69, 9.17) is 19.5 Å². The number of hydrogen-bond acceptors (Lipinski definition) is 5. The normalized spacial score (nSPS) is 16.4. The van der Waals surface area contributed by atoms with Gasteiger partial charge in [0.05, 0.1) is 20.3 Å². The van der Waals surface area contributed by atoms with Gasteiger partial charge in [0.2, 0.25) is 5.91 Å². The lowest BCUT2D eigenvalue weighted by Crippen LogP contribution is -2.33. The van der Waals surface area contributed by atoms with E-state index < -0.39 is 0 Å². The van der Waals surface area contributed by atoms with Crippen LogP contribution in [0.5, 0.6) is 17.2 Å². The molecule has 1 amide bonds. The van der Waals surface area contributed by atoms with E-state index >= 15 is 0 Å². The molecule has 1 fully saturated rings. The zero-order valence-electron chi connectivity index (χ0n) is 18.0. The number of rotatable bonds is 7. The van der Waals surface area contributed by atoms with Gasteiger partial charge in [0.15, 0.2) is 18.1 Å². The highest BCUT2D eigenvalue weighted by molar-refractivity contribution is 5.92. The summed E-state index contributed by atoms with van der Waals surface area (Å²) in [4.78, 5) is 15.1. The molecule has 1 saturated heterocycles. The topological polar surface area (TPSA) is 71.8 Å². The molecule has 3 rings (SSSR count). The van der Waals surface area contributed by atoms with Crippen LogP contribution in [0.25, 0.3) is 6.08 Å². The highest BCUT2D eigenvalue weighted by Gasteiger charge is 2.25. The maximum Gasteiger partial charge on any atom is 0.247 e. The smallest absolute Gasteiger partial charge is 0.247 e. The summed E-state index contributed by atoms with van der Waals surface area (Å²) < 4.78 is 16.0. The number of nitriles is 1. The number of methoxy groups -OCH3 is 2.